The van der Waals surface area contributed by atoms with E-state index >= 15 is 0 Å². The van der Waals surface area contributed by atoms with Crippen LogP contribution in [0, 0.1) is 10.1 Å². The van der Waals surface area contributed by atoms with Gasteiger partial charge in [0.2, 0.25) is 0 Å². The van der Waals surface area contributed by atoms with Gasteiger partial charge in [-0.05, 0) is 48.5 Å². The average Bonchev–Trinajstić information content (AvgIpc) is 3.43. The lowest BCUT2D eigenvalue weighted by molar-refractivity contribution is -0.384. The van der Waals surface area contributed by atoms with Gasteiger partial charge in [0.25, 0.3) is 21.6 Å². The fourth-order valence-electron chi connectivity index (χ4n) is 4.59. The van der Waals surface area contributed by atoms with Gasteiger partial charge in [0.05, 0.1) is 21.0 Å². The number of carbonyl (C=O) groups excluding carboxylic acids is 1. The van der Waals surface area contributed by atoms with E-state index in [1.807, 2.05) is 12.1 Å². The van der Waals surface area contributed by atoms with Crippen LogP contribution in [0.5, 0.6) is 0 Å². The number of non-ortho nitro benzene ring substituents is 1. The minimum Gasteiger partial charge on any atom is -0.340 e. The summed E-state index contributed by atoms with van der Waals surface area (Å²) < 4.78 is 28.3. The Morgan fingerprint density at radius 1 is 0.814 bits per heavy atom. The largest absolute Gasteiger partial charge is 0.340 e. The normalized spacial score (nSPS) is 11.3. The molecule has 4 aromatic carbocycles. The first-order chi connectivity index (χ1) is 20.8. The molecule has 0 fully saturated rings. The predicted molar refractivity (Wildman–Crippen MR) is 163 cm³/mol. The Morgan fingerprint density at radius 3 is 2.30 bits per heavy atom. The van der Waals surface area contributed by atoms with E-state index in [-0.39, 0.29) is 16.1 Å². The summed E-state index contributed by atoms with van der Waals surface area (Å²) in [7, 11) is -3.86. The van der Waals surface area contributed by atoms with Crippen LogP contribution in [0.2, 0.25) is 0 Å². The van der Waals surface area contributed by atoms with Gasteiger partial charge in [0.15, 0.2) is 0 Å². The van der Waals surface area contributed by atoms with Gasteiger partial charge in [0.1, 0.15) is 12.1 Å². The number of aromatic nitrogens is 3. The maximum atomic E-state index is 13.5. The molecule has 212 valence electrons. The SMILES string of the molecule is O=C(Nc1cccc(Nc2cc(-c3cn(S(=O)(=O)c4ccccc4)c4ccccc34)ncn2)c1)c1ccc([N+](=O)[O-])cc1. The predicted octanol–water partition coefficient (Wildman–Crippen LogP) is 6.24. The lowest BCUT2D eigenvalue weighted by Crippen LogP contribution is -2.12. The van der Waals surface area contributed by atoms with Gasteiger partial charge in [-0.15, -0.1) is 0 Å². The number of nitro groups is 1. The first-order valence-corrected chi connectivity index (χ1v) is 14.4. The van der Waals surface area contributed by atoms with Crippen LogP contribution in [0.15, 0.2) is 127 Å². The highest BCUT2D eigenvalue weighted by molar-refractivity contribution is 7.90. The number of anilines is 3. The lowest BCUT2D eigenvalue weighted by Gasteiger charge is -2.10. The summed E-state index contributed by atoms with van der Waals surface area (Å²) in [5.74, 6) is 0.0322. The molecule has 12 heteroatoms. The minimum absolute atomic E-state index is 0.102. The molecule has 0 saturated carbocycles. The van der Waals surface area contributed by atoms with Crippen LogP contribution in [0.1, 0.15) is 10.4 Å². The van der Waals surface area contributed by atoms with Crippen LogP contribution in [0.3, 0.4) is 0 Å². The number of amides is 1. The van der Waals surface area contributed by atoms with Crippen molar-refractivity contribution in [2.24, 2.45) is 0 Å². The lowest BCUT2D eigenvalue weighted by atomic mass is 10.1. The van der Waals surface area contributed by atoms with Gasteiger partial charge in [-0.3, -0.25) is 14.9 Å². The Hall–Kier alpha value is -5.88. The molecule has 11 nitrogen and oxygen atoms in total. The van der Waals surface area contributed by atoms with Crippen molar-refractivity contribution >= 4 is 49.7 Å². The minimum atomic E-state index is -3.86. The van der Waals surface area contributed by atoms with Crippen LogP contribution >= 0.6 is 0 Å². The number of carbonyl (C=O) groups is 1. The quantitative estimate of drug-likeness (QED) is 0.156. The second kappa shape index (κ2) is 11.2. The van der Waals surface area contributed by atoms with Crippen LogP contribution in [-0.4, -0.2) is 33.2 Å². The monoisotopic (exact) mass is 590 g/mol. The highest BCUT2D eigenvalue weighted by Gasteiger charge is 2.22. The fraction of sp³-hybridized carbons (Fsp3) is 0. The molecule has 0 aliphatic rings. The zero-order valence-corrected chi connectivity index (χ0v) is 23.1. The molecule has 2 aromatic heterocycles. The van der Waals surface area contributed by atoms with E-state index in [2.05, 4.69) is 20.6 Å². The van der Waals surface area contributed by atoms with Gasteiger partial charge in [-0.25, -0.2) is 22.4 Å². The Balaban J connectivity index is 1.27. The van der Waals surface area contributed by atoms with Crippen LogP contribution in [-0.2, 0) is 10.0 Å². The number of hydrogen-bond acceptors (Lipinski definition) is 8. The zero-order valence-electron chi connectivity index (χ0n) is 22.3. The first-order valence-electron chi connectivity index (χ1n) is 13.0. The van der Waals surface area contributed by atoms with Crippen molar-refractivity contribution in [3.8, 4) is 11.3 Å². The summed E-state index contributed by atoms with van der Waals surface area (Å²) in [6.45, 7) is 0. The van der Waals surface area contributed by atoms with Crippen molar-refractivity contribution in [3.63, 3.8) is 0 Å². The highest BCUT2D eigenvalue weighted by atomic mass is 32.2. The van der Waals surface area contributed by atoms with Crippen LogP contribution in [0.4, 0.5) is 22.9 Å². The molecule has 0 spiro atoms. The molecule has 0 aliphatic heterocycles. The van der Waals surface area contributed by atoms with E-state index in [0.29, 0.717) is 39.4 Å². The summed E-state index contributed by atoms with van der Waals surface area (Å²) >= 11 is 0. The van der Waals surface area contributed by atoms with Crippen molar-refractivity contribution in [3.05, 3.63) is 137 Å². The summed E-state index contributed by atoms with van der Waals surface area (Å²) in [6.07, 6.45) is 2.95. The molecule has 0 saturated heterocycles. The van der Waals surface area contributed by atoms with Gasteiger partial charge in [0, 0.05) is 52.3 Å². The molecule has 0 bridgehead atoms. The third kappa shape index (κ3) is 5.54. The summed E-state index contributed by atoms with van der Waals surface area (Å²) in [5, 5.41) is 17.6. The number of hydrogen-bond donors (Lipinski definition) is 2. The smallest absolute Gasteiger partial charge is 0.269 e. The van der Waals surface area contributed by atoms with E-state index in [9.17, 15) is 23.3 Å². The number of benzene rings is 4. The molecule has 2 N–H and O–H groups in total. The number of para-hydroxylation sites is 1. The number of nitro benzene ring substituents is 1. The fourth-order valence-corrected chi connectivity index (χ4v) is 5.98. The molecule has 6 aromatic rings. The van der Waals surface area contributed by atoms with E-state index in [0.717, 1.165) is 0 Å². The van der Waals surface area contributed by atoms with E-state index in [1.54, 1.807) is 79.0 Å². The van der Waals surface area contributed by atoms with Gasteiger partial charge >= 0.3 is 0 Å². The van der Waals surface area contributed by atoms with Crippen molar-refractivity contribution in [1.29, 1.82) is 0 Å². The van der Waals surface area contributed by atoms with Crippen molar-refractivity contribution in [2.45, 2.75) is 4.90 Å². The third-order valence-corrected chi connectivity index (χ3v) is 8.34. The zero-order chi connectivity index (χ0) is 30.0. The Labute approximate surface area is 245 Å². The number of fused-ring (bicyclic) bond motifs is 1. The van der Waals surface area contributed by atoms with Crippen LogP contribution < -0.4 is 10.6 Å². The molecule has 6 rings (SSSR count). The van der Waals surface area contributed by atoms with Gasteiger partial charge in [-0.2, -0.15) is 0 Å². The Kier molecular flexibility index (Phi) is 7.10. The van der Waals surface area contributed by atoms with Crippen molar-refractivity contribution in [2.75, 3.05) is 10.6 Å². The Morgan fingerprint density at radius 2 is 1.53 bits per heavy atom. The molecule has 0 atom stereocenters. The van der Waals surface area contributed by atoms with Gasteiger partial charge < -0.3 is 10.6 Å². The van der Waals surface area contributed by atoms with Crippen molar-refractivity contribution < 1.29 is 18.1 Å². The third-order valence-electron chi connectivity index (χ3n) is 6.65. The maximum absolute atomic E-state index is 13.5. The van der Waals surface area contributed by atoms with E-state index in [4.69, 9.17) is 0 Å². The molecule has 2 heterocycles. The molecule has 43 heavy (non-hydrogen) atoms. The molecular weight excluding hydrogens is 568 g/mol. The second-order valence-electron chi connectivity index (χ2n) is 9.43. The Bertz CT molecular complexity index is 2100. The number of rotatable bonds is 8. The van der Waals surface area contributed by atoms with Gasteiger partial charge in [-0.1, -0.05) is 42.5 Å². The topological polar surface area (TPSA) is 149 Å². The molecule has 0 unspecified atom stereocenters. The summed E-state index contributed by atoms with van der Waals surface area (Å²) in [6, 6.07) is 29.4. The molecule has 0 aliphatic carbocycles. The standard InChI is InChI=1S/C31H22N6O5S/c38-31(21-13-15-24(16-14-21)37(39)40)35-23-8-6-7-22(17-23)34-30-18-28(32-20-33-30)27-19-36(29-12-5-4-11-26(27)29)43(41,42)25-9-2-1-3-10-25/h1-20H,(H,35,38)(H,32,33,34). The highest BCUT2D eigenvalue weighted by Crippen LogP contribution is 2.33. The van der Waals surface area contributed by atoms with E-state index in [1.165, 1.54) is 34.6 Å². The summed E-state index contributed by atoms with van der Waals surface area (Å²) in [4.78, 5) is 31.9. The summed E-state index contributed by atoms with van der Waals surface area (Å²) in [5.41, 5.74) is 2.94. The van der Waals surface area contributed by atoms with Crippen molar-refractivity contribution in [1.82, 2.24) is 13.9 Å². The number of nitrogens with one attached hydrogen (secondary N) is 2. The molecule has 0 radical (unpaired) electrons. The van der Waals surface area contributed by atoms with Crippen LogP contribution in [0.25, 0.3) is 22.2 Å². The first kappa shape index (κ1) is 27.3. The maximum Gasteiger partial charge on any atom is 0.269 e. The molecule has 1 amide bonds. The number of nitrogens with zero attached hydrogens (tertiary/aromatic N) is 4. The molecular formula is C31H22N6O5S. The average molecular weight is 591 g/mol. The van der Waals surface area contributed by atoms with E-state index < -0.39 is 20.9 Å². The second-order valence-corrected chi connectivity index (χ2v) is 11.2.